The van der Waals surface area contributed by atoms with Crippen molar-refractivity contribution in [3.8, 4) is 17.2 Å². The molecule has 0 atom stereocenters. The zero-order valence-corrected chi connectivity index (χ0v) is 25.0. The molecule has 0 radical (unpaired) electrons. The Bertz CT molecular complexity index is 1680. The van der Waals surface area contributed by atoms with Crippen molar-refractivity contribution in [1.29, 1.82) is 0 Å². The fourth-order valence-corrected chi connectivity index (χ4v) is 5.94. The molecule has 4 rings (SSSR count). The fourth-order valence-electron chi connectivity index (χ4n) is 4.38. The Balaban J connectivity index is 1.58. The molecule has 1 aromatic heterocycles. The molecular weight excluding hydrogens is 564 g/mol. The molecule has 0 spiro atoms. The summed E-state index contributed by atoms with van der Waals surface area (Å²) >= 11 is 6.03. The second-order valence-electron chi connectivity index (χ2n) is 9.30. The van der Waals surface area contributed by atoms with E-state index in [0.29, 0.717) is 16.5 Å². The monoisotopic (exact) mass is 594 g/mol. The minimum absolute atomic E-state index is 0.0540. The lowest BCUT2D eigenvalue weighted by Crippen LogP contribution is -2.39. The number of methoxy groups -OCH3 is 2. The van der Waals surface area contributed by atoms with Crippen LogP contribution in [0.4, 0.5) is 5.69 Å². The first-order chi connectivity index (χ1) is 19.5. The average Bonchev–Trinajstić information content (AvgIpc) is 3.24. The van der Waals surface area contributed by atoms with Gasteiger partial charge in [0.1, 0.15) is 6.54 Å². The molecule has 9 nitrogen and oxygen atoms in total. The lowest BCUT2D eigenvalue weighted by molar-refractivity contribution is -0.119. The number of aromatic nitrogens is 1. The highest BCUT2D eigenvalue weighted by Crippen LogP contribution is 2.32. The van der Waals surface area contributed by atoms with Crippen molar-refractivity contribution in [3.05, 3.63) is 100 Å². The van der Waals surface area contributed by atoms with Crippen molar-refractivity contribution in [2.45, 2.75) is 25.7 Å². The van der Waals surface area contributed by atoms with Crippen LogP contribution in [0.3, 0.4) is 0 Å². The topological polar surface area (TPSA) is 102 Å². The highest BCUT2D eigenvalue weighted by atomic mass is 35.5. The molecule has 0 unspecified atom stereocenters. The van der Waals surface area contributed by atoms with Crippen molar-refractivity contribution in [1.82, 2.24) is 9.99 Å². The number of halogens is 1. The molecular formula is C30H31ClN4O5S. The normalized spacial score (nSPS) is 11.5. The van der Waals surface area contributed by atoms with Gasteiger partial charge in [-0.2, -0.15) is 5.10 Å². The molecule has 0 aliphatic heterocycles. The molecule has 1 amide bonds. The zero-order valence-electron chi connectivity index (χ0n) is 23.4. The maximum absolute atomic E-state index is 13.8. The number of sulfonamides is 1. The summed E-state index contributed by atoms with van der Waals surface area (Å²) in [6, 6.07) is 20.5. The number of nitrogens with one attached hydrogen (secondary N) is 1. The van der Waals surface area contributed by atoms with Gasteiger partial charge >= 0.3 is 0 Å². The van der Waals surface area contributed by atoms with Gasteiger partial charge in [0.25, 0.3) is 15.9 Å². The number of hydrogen-bond donors (Lipinski definition) is 1. The molecule has 11 heteroatoms. The molecule has 3 aromatic carbocycles. The molecule has 0 aliphatic rings. The third-order valence-electron chi connectivity index (χ3n) is 6.50. The molecule has 0 aliphatic carbocycles. The Morgan fingerprint density at radius 1 is 0.951 bits per heavy atom. The Morgan fingerprint density at radius 3 is 2.24 bits per heavy atom. The minimum atomic E-state index is -4.17. The first kappa shape index (κ1) is 29.7. The standard InChI is InChI=1S/C30H31ClN4O5S/c1-20-6-10-25(11-7-20)34(41(37,38)27-14-15-28(39-4)29(17-27)40-5)19-30(36)33-32-18-23-16-21(2)35(22(23)3)26-12-8-24(31)9-13-26/h6-18H,19H2,1-5H3,(H,33,36)/b32-18+. The summed E-state index contributed by atoms with van der Waals surface area (Å²) in [4.78, 5) is 12.9. The van der Waals surface area contributed by atoms with Crippen LogP contribution in [-0.2, 0) is 14.8 Å². The highest BCUT2D eigenvalue weighted by molar-refractivity contribution is 7.92. The second kappa shape index (κ2) is 12.5. The van der Waals surface area contributed by atoms with Gasteiger partial charge in [0.15, 0.2) is 11.5 Å². The van der Waals surface area contributed by atoms with Crippen molar-refractivity contribution in [2.24, 2.45) is 5.10 Å². The van der Waals surface area contributed by atoms with E-state index in [1.54, 1.807) is 24.3 Å². The van der Waals surface area contributed by atoms with E-state index in [0.717, 1.165) is 32.5 Å². The number of carbonyl (C=O) groups is 1. The summed E-state index contributed by atoms with van der Waals surface area (Å²) < 4.78 is 41.1. The summed E-state index contributed by atoms with van der Waals surface area (Å²) in [6.45, 7) is 5.30. The van der Waals surface area contributed by atoms with E-state index in [-0.39, 0.29) is 10.6 Å². The Labute approximate surface area is 245 Å². The van der Waals surface area contributed by atoms with Crippen LogP contribution in [0.25, 0.3) is 5.69 Å². The van der Waals surface area contributed by atoms with Crippen LogP contribution < -0.4 is 19.2 Å². The van der Waals surface area contributed by atoms with Gasteiger partial charge in [-0.15, -0.1) is 0 Å². The Morgan fingerprint density at radius 2 is 1.61 bits per heavy atom. The third kappa shape index (κ3) is 6.55. The highest BCUT2D eigenvalue weighted by Gasteiger charge is 2.28. The third-order valence-corrected chi connectivity index (χ3v) is 8.52. The number of ether oxygens (including phenoxy) is 2. The molecule has 1 N–H and O–H groups in total. The van der Waals surface area contributed by atoms with Gasteiger partial charge < -0.3 is 14.0 Å². The van der Waals surface area contributed by atoms with Crippen LogP contribution in [0.15, 0.2) is 82.8 Å². The summed E-state index contributed by atoms with van der Waals surface area (Å²) in [5.41, 5.74) is 7.38. The van der Waals surface area contributed by atoms with E-state index in [4.69, 9.17) is 21.1 Å². The summed E-state index contributed by atoms with van der Waals surface area (Å²) in [5.74, 6) is 0.0240. The van der Waals surface area contributed by atoms with Crippen LogP contribution in [0, 0.1) is 20.8 Å². The number of rotatable bonds is 10. The number of aryl methyl sites for hydroxylation is 2. The van der Waals surface area contributed by atoms with Gasteiger partial charge in [0.2, 0.25) is 0 Å². The van der Waals surface area contributed by atoms with Gasteiger partial charge in [-0.05, 0) is 75.4 Å². The van der Waals surface area contributed by atoms with Crippen molar-refractivity contribution >= 4 is 39.4 Å². The maximum atomic E-state index is 13.8. The van der Waals surface area contributed by atoms with Crippen LogP contribution in [0.5, 0.6) is 11.5 Å². The molecule has 0 saturated carbocycles. The molecule has 214 valence electrons. The summed E-state index contributed by atoms with van der Waals surface area (Å²) in [5, 5.41) is 4.76. The van der Waals surface area contributed by atoms with Gasteiger partial charge in [-0.25, -0.2) is 13.8 Å². The fraction of sp³-hybridized carbons (Fsp3) is 0.200. The number of carbonyl (C=O) groups excluding carboxylic acids is 1. The van der Waals surface area contributed by atoms with Crippen LogP contribution in [0.1, 0.15) is 22.5 Å². The predicted octanol–water partition coefficient (Wildman–Crippen LogP) is 5.42. The van der Waals surface area contributed by atoms with Crippen LogP contribution in [0.2, 0.25) is 5.02 Å². The van der Waals surface area contributed by atoms with Gasteiger partial charge in [-0.1, -0.05) is 29.3 Å². The van der Waals surface area contributed by atoms with Crippen molar-refractivity contribution < 1.29 is 22.7 Å². The first-order valence-electron chi connectivity index (χ1n) is 12.6. The smallest absolute Gasteiger partial charge is 0.264 e. The van der Waals surface area contributed by atoms with E-state index in [9.17, 15) is 13.2 Å². The maximum Gasteiger partial charge on any atom is 0.264 e. The number of hydrogen-bond acceptors (Lipinski definition) is 6. The first-order valence-corrected chi connectivity index (χ1v) is 14.4. The largest absolute Gasteiger partial charge is 0.493 e. The summed E-state index contributed by atoms with van der Waals surface area (Å²) in [7, 11) is -1.28. The zero-order chi connectivity index (χ0) is 29.7. The lowest BCUT2D eigenvalue weighted by Gasteiger charge is -2.24. The van der Waals surface area contributed by atoms with Gasteiger partial charge in [0.05, 0.1) is 31.0 Å². The molecule has 4 aromatic rings. The molecule has 41 heavy (non-hydrogen) atoms. The van der Waals surface area contributed by atoms with Gasteiger partial charge in [0, 0.05) is 33.7 Å². The minimum Gasteiger partial charge on any atom is -0.493 e. The molecule has 0 fully saturated rings. The van der Waals surface area contributed by atoms with Gasteiger partial charge in [-0.3, -0.25) is 9.10 Å². The van der Waals surface area contributed by atoms with Crippen molar-refractivity contribution in [3.63, 3.8) is 0 Å². The number of benzene rings is 3. The molecule has 0 bridgehead atoms. The number of anilines is 1. The second-order valence-corrected chi connectivity index (χ2v) is 11.6. The molecule has 0 saturated heterocycles. The van der Waals surface area contributed by atoms with E-state index in [2.05, 4.69) is 10.5 Å². The van der Waals surface area contributed by atoms with Crippen molar-refractivity contribution in [2.75, 3.05) is 25.1 Å². The van der Waals surface area contributed by atoms with Crippen LogP contribution in [-0.4, -0.2) is 45.9 Å². The quantitative estimate of drug-likeness (QED) is 0.195. The van der Waals surface area contributed by atoms with E-state index < -0.39 is 22.5 Å². The molecule has 1 heterocycles. The van der Waals surface area contributed by atoms with E-state index >= 15 is 0 Å². The average molecular weight is 595 g/mol. The van der Waals surface area contributed by atoms with E-state index in [1.165, 1.54) is 38.6 Å². The predicted molar refractivity (Wildman–Crippen MR) is 161 cm³/mol. The van der Waals surface area contributed by atoms with Crippen LogP contribution >= 0.6 is 11.6 Å². The SMILES string of the molecule is COc1ccc(S(=O)(=O)N(CC(=O)N/N=C/c2cc(C)n(-c3ccc(Cl)cc3)c2C)c2ccc(C)cc2)cc1OC. The number of amides is 1. The Hall–Kier alpha value is -4.28. The Kier molecular flexibility index (Phi) is 9.05. The number of nitrogens with zero attached hydrogens (tertiary/aromatic N) is 3. The van der Waals surface area contributed by atoms with E-state index in [1.807, 2.05) is 55.7 Å². The summed E-state index contributed by atoms with van der Waals surface area (Å²) in [6.07, 6.45) is 1.53. The lowest BCUT2D eigenvalue weighted by atomic mass is 10.2. The number of hydrazone groups is 1.